The first-order valence-corrected chi connectivity index (χ1v) is 10.3. The Hall–Kier alpha value is -4.14. The molecule has 0 saturated heterocycles. The van der Waals surface area contributed by atoms with Gasteiger partial charge in [-0.15, -0.1) is 0 Å². The summed E-state index contributed by atoms with van der Waals surface area (Å²) in [5, 5.41) is 3.45. The molecule has 0 spiro atoms. The van der Waals surface area contributed by atoms with Gasteiger partial charge in [-0.2, -0.15) is 13.2 Å². The van der Waals surface area contributed by atoms with Gasteiger partial charge in [-0.25, -0.2) is 0 Å². The smallest absolute Gasteiger partial charge is 0.416 e. The van der Waals surface area contributed by atoms with Crippen LogP contribution in [-0.4, -0.2) is 23.0 Å². The number of aromatic nitrogens is 2. The maximum absolute atomic E-state index is 12.8. The molecule has 1 atom stereocenters. The second-order valence-corrected chi connectivity index (χ2v) is 7.50. The third-order valence-corrected chi connectivity index (χ3v) is 5.11. The summed E-state index contributed by atoms with van der Waals surface area (Å²) in [6, 6.07) is 14.4. The lowest BCUT2D eigenvalue weighted by molar-refractivity contribution is -0.137. The summed E-state index contributed by atoms with van der Waals surface area (Å²) in [5.41, 5.74) is 0.696. The molecule has 9 heteroatoms. The number of benzene rings is 2. The molecule has 6 nitrogen and oxygen atoms in total. The van der Waals surface area contributed by atoms with E-state index < -0.39 is 11.7 Å². The molecule has 2 heterocycles. The number of carbonyl (C=O) groups excluding carboxylic acids is 1. The molecule has 174 valence electrons. The number of nitrogens with one attached hydrogen (secondary N) is 1. The predicted molar refractivity (Wildman–Crippen MR) is 120 cm³/mol. The molecule has 4 rings (SSSR count). The van der Waals surface area contributed by atoms with Crippen LogP contribution < -0.4 is 14.8 Å². The van der Waals surface area contributed by atoms with Crippen molar-refractivity contribution >= 4 is 16.8 Å². The molecule has 4 aromatic rings. The van der Waals surface area contributed by atoms with E-state index in [0.29, 0.717) is 22.2 Å². The zero-order chi connectivity index (χ0) is 24.3. The zero-order valence-electron chi connectivity index (χ0n) is 18.3. The lowest BCUT2D eigenvalue weighted by Gasteiger charge is -2.14. The number of hydrogen-bond acceptors (Lipinski definition) is 5. The van der Waals surface area contributed by atoms with E-state index in [1.165, 1.54) is 25.4 Å². The lowest BCUT2D eigenvalue weighted by Crippen LogP contribution is -2.27. The summed E-state index contributed by atoms with van der Waals surface area (Å²) < 4.78 is 49.6. The number of amides is 1. The number of hydrogen-bond donors (Lipinski definition) is 1. The van der Waals surface area contributed by atoms with Gasteiger partial charge >= 0.3 is 6.18 Å². The Morgan fingerprint density at radius 2 is 1.76 bits per heavy atom. The van der Waals surface area contributed by atoms with Crippen molar-refractivity contribution in [3.05, 3.63) is 89.9 Å². The Bertz CT molecular complexity index is 1310. The normalized spacial score (nSPS) is 12.3. The van der Waals surface area contributed by atoms with E-state index in [-0.39, 0.29) is 23.4 Å². The van der Waals surface area contributed by atoms with E-state index in [9.17, 15) is 18.0 Å². The number of carbonyl (C=O) groups is 1. The topological polar surface area (TPSA) is 73.3 Å². The second-order valence-electron chi connectivity index (χ2n) is 7.50. The Morgan fingerprint density at radius 3 is 2.41 bits per heavy atom. The van der Waals surface area contributed by atoms with Gasteiger partial charge in [0.05, 0.1) is 30.0 Å². The molecule has 0 aliphatic heterocycles. The third kappa shape index (κ3) is 5.09. The van der Waals surface area contributed by atoms with Crippen LogP contribution in [0.15, 0.2) is 73.1 Å². The van der Waals surface area contributed by atoms with Gasteiger partial charge < -0.3 is 14.8 Å². The maximum atomic E-state index is 12.8. The van der Waals surface area contributed by atoms with Crippen molar-refractivity contribution < 1.29 is 27.4 Å². The van der Waals surface area contributed by atoms with Crippen LogP contribution in [0.4, 0.5) is 13.2 Å². The number of fused-ring (bicyclic) bond motifs is 1. The van der Waals surface area contributed by atoms with Crippen LogP contribution in [-0.2, 0) is 6.18 Å². The molecular formula is C25H20F3N3O3. The van der Waals surface area contributed by atoms with E-state index in [2.05, 4.69) is 15.3 Å². The van der Waals surface area contributed by atoms with Crippen LogP contribution in [0.25, 0.3) is 10.9 Å². The highest BCUT2D eigenvalue weighted by Gasteiger charge is 2.30. The Labute approximate surface area is 193 Å². The van der Waals surface area contributed by atoms with Gasteiger partial charge in [0.15, 0.2) is 5.75 Å². The van der Waals surface area contributed by atoms with Crippen molar-refractivity contribution in [2.75, 3.05) is 7.11 Å². The molecule has 0 unspecified atom stereocenters. The van der Waals surface area contributed by atoms with E-state index in [4.69, 9.17) is 9.47 Å². The molecule has 0 radical (unpaired) electrons. The van der Waals surface area contributed by atoms with E-state index in [1.807, 2.05) is 19.1 Å². The molecule has 1 amide bonds. The number of ether oxygens (including phenoxy) is 2. The molecule has 0 bridgehead atoms. The fraction of sp³-hybridized carbons (Fsp3) is 0.160. The van der Waals surface area contributed by atoms with Crippen LogP contribution in [0.3, 0.4) is 0 Å². The first kappa shape index (κ1) is 23.0. The number of pyridine rings is 2. The minimum Gasteiger partial charge on any atom is -0.497 e. The first-order chi connectivity index (χ1) is 16.2. The Kier molecular flexibility index (Phi) is 6.36. The van der Waals surface area contributed by atoms with Gasteiger partial charge in [-0.1, -0.05) is 6.07 Å². The van der Waals surface area contributed by atoms with E-state index in [1.54, 1.807) is 30.5 Å². The molecule has 0 saturated carbocycles. The number of alkyl halides is 3. The third-order valence-electron chi connectivity index (χ3n) is 5.11. The lowest BCUT2D eigenvalue weighted by atomic mass is 10.1. The summed E-state index contributed by atoms with van der Waals surface area (Å²) in [6.07, 6.45) is -1.37. The van der Waals surface area contributed by atoms with Crippen molar-refractivity contribution in [1.82, 2.24) is 15.3 Å². The molecule has 34 heavy (non-hydrogen) atoms. The second kappa shape index (κ2) is 9.38. The minimum atomic E-state index is -4.44. The van der Waals surface area contributed by atoms with Gasteiger partial charge in [0.2, 0.25) is 0 Å². The van der Waals surface area contributed by atoms with Crippen LogP contribution in [0.5, 0.6) is 17.2 Å². The number of methoxy groups -OCH3 is 1. The van der Waals surface area contributed by atoms with Crippen molar-refractivity contribution in [1.29, 1.82) is 0 Å². The van der Waals surface area contributed by atoms with Gasteiger partial charge in [0.1, 0.15) is 17.0 Å². The largest absolute Gasteiger partial charge is 0.497 e. The number of rotatable bonds is 6. The SMILES string of the molecule is COc1cc(Oc2ccc(C(F)(F)F)cc2)c2ncc(C(=O)N[C@H](C)c3ccccn3)cc2c1. The van der Waals surface area contributed by atoms with Crippen molar-refractivity contribution in [2.24, 2.45) is 0 Å². The zero-order valence-corrected chi connectivity index (χ0v) is 18.3. The van der Waals surface area contributed by atoms with Gasteiger partial charge in [0, 0.05) is 23.8 Å². The standard InChI is InChI=1S/C25H20F3N3O3/c1-15(21-5-3-4-10-29-21)31-24(32)17-11-16-12-20(33-2)13-22(23(16)30-14-17)34-19-8-6-18(7-9-19)25(26,27)28/h3-15H,1-2H3,(H,31,32)/t15-/m1/s1. The fourth-order valence-electron chi connectivity index (χ4n) is 3.33. The highest BCUT2D eigenvalue weighted by Crippen LogP contribution is 2.35. The van der Waals surface area contributed by atoms with Gasteiger partial charge in [0.25, 0.3) is 5.91 Å². The van der Waals surface area contributed by atoms with Crippen LogP contribution in [0, 0.1) is 0 Å². The van der Waals surface area contributed by atoms with Crippen LogP contribution >= 0.6 is 0 Å². The highest BCUT2D eigenvalue weighted by atomic mass is 19.4. The summed E-state index contributed by atoms with van der Waals surface area (Å²) in [5.74, 6) is 0.592. The molecule has 2 aromatic carbocycles. The molecule has 0 aliphatic rings. The number of halogens is 3. The van der Waals surface area contributed by atoms with E-state index in [0.717, 1.165) is 17.8 Å². The maximum Gasteiger partial charge on any atom is 0.416 e. The quantitative estimate of drug-likeness (QED) is 0.380. The first-order valence-electron chi connectivity index (χ1n) is 10.3. The fourth-order valence-corrected chi connectivity index (χ4v) is 3.33. The van der Waals surface area contributed by atoms with Gasteiger partial charge in [-0.3, -0.25) is 14.8 Å². The Morgan fingerprint density at radius 1 is 1.00 bits per heavy atom. The summed E-state index contributed by atoms with van der Waals surface area (Å²) in [7, 11) is 1.47. The molecule has 2 aromatic heterocycles. The average molecular weight is 467 g/mol. The number of nitrogens with zero attached hydrogens (tertiary/aromatic N) is 2. The molecular weight excluding hydrogens is 447 g/mol. The minimum absolute atomic E-state index is 0.204. The summed E-state index contributed by atoms with van der Waals surface area (Å²) in [4.78, 5) is 21.4. The highest BCUT2D eigenvalue weighted by molar-refractivity contribution is 5.98. The van der Waals surface area contributed by atoms with Crippen molar-refractivity contribution in [3.8, 4) is 17.2 Å². The van der Waals surface area contributed by atoms with Crippen LogP contribution in [0.1, 0.15) is 34.6 Å². The van der Waals surface area contributed by atoms with Crippen LogP contribution in [0.2, 0.25) is 0 Å². The Balaban J connectivity index is 1.61. The molecule has 0 fully saturated rings. The predicted octanol–water partition coefficient (Wildman–Crippen LogP) is 5.94. The van der Waals surface area contributed by atoms with Gasteiger partial charge in [-0.05, 0) is 55.5 Å². The average Bonchev–Trinajstić information content (AvgIpc) is 2.83. The summed E-state index contributed by atoms with van der Waals surface area (Å²) in [6.45, 7) is 1.83. The van der Waals surface area contributed by atoms with Crippen molar-refractivity contribution in [3.63, 3.8) is 0 Å². The molecule has 0 aliphatic carbocycles. The van der Waals surface area contributed by atoms with Crippen molar-refractivity contribution in [2.45, 2.75) is 19.1 Å². The molecule has 1 N–H and O–H groups in total. The monoisotopic (exact) mass is 467 g/mol. The summed E-state index contributed by atoms with van der Waals surface area (Å²) >= 11 is 0. The van der Waals surface area contributed by atoms with E-state index >= 15 is 0 Å².